The van der Waals surface area contributed by atoms with Gasteiger partial charge in [0.15, 0.2) is 5.11 Å². The van der Waals surface area contributed by atoms with Gasteiger partial charge in [0.2, 0.25) is 5.91 Å². The Morgan fingerprint density at radius 1 is 1.03 bits per heavy atom. The molecule has 0 saturated heterocycles. The summed E-state index contributed by atoms with van der Waals surface area (Å²) in [7, 11) is 1.58. The molecular formula is C21H24BrN3O4S. The molecule has 0 bridgehead atoms. The number of rotatable bonds is 8. The summed E-state index contributed by atoms with van der Waals surface area (Å²) in [6, 6.07) is 12.2. The molecule has 0 atom stereocenters. The van der Waals surface area contributed by atoms with Gasteiger partial charge in [-0.2, -0.15) is 0 Å². The quantitative estimate of drug-likeness (QED) is 0.377. The topological polar surface area (TPSA) is 88.7 Å². The van der Waals surface area contributed by atoms with Gasteiger partial charge in [0, 0.05) is 28.9 Å². The molecule has 0 radical (unpaired) electrons. The summed E-state index contributed by atoms with van der Waals surface area (Å²) in [5.74, 6) is -0.133. The zero-order valence-corrected chi connectivity index (χ0v) is 19.4. The lowest BCUT2D eigenvalue weighted by molar-refractivity contribution is -0.118. The van der Waals surface area contributed by atoms with E-state index in [1.54, 1.807) is 49.6 Å². The first-order chi connectivity index (χ1) is 14.3. The van der Waals surface area contributed by atoms with E-state index in [4.69, 9.17) is 21.7 Å². The second-order valence-corrected chi connectivity index (χ2v) is 7.94. The van der Waals surface area contributed by atoms with E-state index >= 15 is 0 Å². The summed E-state index contributed by atoms with van der Waals surface area (Å²) >= 11 is 8.61. The number of amides is 2. The van der Waals surface area contributed by atoms with Crippen LogP contribution in [0, 0.1) is 5.92 Å². The Labute approximate surface area is 189 Å². The lowest BCUT2D eigenvalue weighted by Crippen LogP contribution is -2.34. The number of halogens is 1. The van der Waals surface area contributed by atoms with E-state index in [2.05, 4.69) is 31.9 Å². The first-order valence-corrected chi connectivity index (χ1v) is 10.4. The Balaban J connectivity index is 1.98. The van der Waals surface area contributed by atoms with Crippen molar-refractivity contribution < 1.29 is 19.1 Å². The normalized spacial score (nSPS) is 10.4. The fraction of sp³-hybridized carbons (Fsp3) is 0.286. The maximum Gasteiger partial charge on any atom is 0.261 e. The molecule has 0 spiro atoms. The highest BCUT2D eigenvalue weighted by Gasteiger charge is 2.15. The first-order valence-electron chi connectivity index (χ1n) is 9.24. The van der Waals surface area contributed by atoms with Gasteiger partial charge in [-0.1, -0.05) is 29.8 Å². The molecule has 0 fully saturated rings. The highest BCUT2D eigenvalue weighted by Crippen LogP contribution is 2.23. The van der Waals surface area contributed by atoms with Crippen molar-refractivity contribution in [3.63, 3.8) is 0 Å². The van der Waals surface area contributed by atoms with Gasteiger partial charge in [0.25, 0.3) is 5.91 Å². The van der Waals surface area contributed by atoms with Crippen molar-refractivity contribution in [1.82, 2.24) is 5.32 Å². The molecule has 0 unspecified atom stereocenters. The zero-order chi connectivity index (χ0) is 22.1. The predicted molar refractivity (Wildman–Crippen MR) is 125 cm³/mol. The monoisotopic (exact) mass is 493 g/mol. The van der Waals surface area contributed by atoms with E-state index in [1.807, 2.05) is 13.8 Å². The Kier molecular flexibility index (Phi) is 9.22. The number of hydrogen-bond acceptors (Lipinski definition) is 5. The number of methoxy groups -OCH3 is 1. The minimum absolute atomic E-state index is 0.0592. The van der Waals surface area contributed by atoms with E-state index in [9.17, 15) is 9.59 Å². The van der Waals surface area contributed by atoms with Crippen LogP contribution in [0.15, 0.2) is 46.9 Å². The summed E-state index contributed by atoms with van der Waals surface area (Å²) in [5, 5.41) is 8.54. The van der Waals surface area contributed by atoms with Crippen LogP contribution in [0.25, 0.3) is 0 Å². The van der Waals surface area contributed by atoms with Crippen molar-refractivity contribution in [3.05, 3.63) is 52.5 Å². The number of carbonyl (C=O) groups excluding carboxylic acids is 2. The minimum atomic E-state index is -0.401. The smallest absolute Gasteiger partial charge is 0.261 e. The number of anilines is 2. The van der Waals surface area contributed by atoms with Crippen LogP contribution in [0.5, 0.6) is 5.75 Å². The number of hydrogen-bond donors (Lipinski definition) is 3. The average Bonchev–Trinajstić information content (AvgIpc) is 2.70. The van der Waals surface area contributed by atoms with Crippen LogP contribution >= 0.6 is 28.1 Å². The van der Waals surface area contributed by atoms with Crippen LogP contribution in [0.1, 0.15) is 24.2 Å². The van der Waals surface area contributed by atoms with Gasteiger partial charge in [0.1, 0.15) is 12.4 Å². The van der Waals surface area contributed by atoms with Crippen LogP contribution in [0.4, 0.5) is 11.4 Å². The number of ether oxygens (including phenoxy) is 2. The number of benzene rings is 2. The van der Waals surface area contributed by atoms with Gasteiger partial charge in [-0.3, -0.25) is 14.9 Å². The second kappa shape index (κ2) is 11.6. The summed E-state index contributed by atoms with van der Waals surface area (Å²) in [5.41, 5.74) is 1.70. The SMILES string of the molecule is COCCOc1ccc(Br)cc1C(=O)NC(=S)Nc1ccc(NC(=O)C(C)C)cc1. The zero-order valence-electron chi connectivity index (χ0n) is 17.0. The molecule has 0 aliphatic heterocycles. The van der Waals surface area contributed by atoms with Gasteiger partial charge in [-0.15, -0.1) is 0 Å². The maximum atomic E-state index is 12.7. The number of carbonyl (C=O) groups is 2. The van der Waals surface area contributed by atoms with Crippen LogP contribution in [0.3, 0.4) is 0 Å². The molecule has 0 aromatic heterocycles. The van der Waals surface area contributed by atoms with E-state index in [0.29, 0.717) is 35.9 Å². The molecule has 0 aliphatic carbocycles. The highest BCUT2D eigenvalue weighted by atomic mass is 79.9. The Hall–Kier alpha value is -2.49. The van der Waals surface area contributed by atoms with Crippen LogP contribution in [-0.2, 0) is 9.53 Å². The molecule has 2 aromatic carbocycles. The molecule has 3 N–H and O–H groups in total. The van der Waals surface area contributed by atoms with E-state index < -0.39 is 5.91 Å². The van der Waals surface area contributed by atoms with Crippen molar-refractivity contribution in [2.75, 3.05) is 31.0 Å². The van der Waals surface area contributed by atoms with Crippen molar-refractivity contribution in [1.29, 1.82) is 0 Å². The van der Waals surface area contributed by atoms with Crippen LogP contribution in [-0.4, -0.2) is 37.3 Å². The predicted octanol–water partition coefficient (Wildman–Crippen LogP) is 4.20. The van der Waals surface area contributed by atoms with E-state index in [0.717, 1.165) is 4.47 Å². The average molecular weight is 494 g/mol. The molecule has 2 amide bonds. The van der Waals surface area contributed by atoms with Crippen molar-refractivity contribution >= 4 is 56.4 Å². The van der Waals surface area contributed by atoms with Crippen molar-refractivity contribution in [2.24, 2.45) is 5.92 Å². The fourth-order valence-electron chi connectivity index (χ4n) is 2.30. The molecule has 160 valence electrons. The summed E-state index contributed by atoms with van der Waals surface area (Å²) in [6.07, 6.45) is 0. The first kappa shape index (κ1) is 23.8. The van der Waals surface area contributed by atoms with Gasteiger partial charge >= 0.3 is 0 Å². The van der Waals surface area contributed by atoms with Crippen LogP contribution < -0.4 is 20.7 Å². The lowest BCUT2D eigenvalue weighted by Gasteiger charge is -2.14. The van der Waals surface area contributed by atoms with Gasteiger partial charge < -0.3 is 20.1 Å². The van der Waals surface area contributed by atoms with Crippen LogP contribution in [0.2, 0.25) is 0 Å². The number of thiocarbonyl (C=S) groups is 1. The molecular weight excluding hydrogens is 470 g/mol. The third-order valence-corrected chi connectivity index (χ3v) is 4.59. The van der Waals surface area contributed by atoms with Gasteiger partial charge in [0.05, 0.1) is 12.2 Å². The van der Waals surface area contributed by atoms with E-state index in [-0.39, 0.29) is 16.9 Å². The van der Waals surface area contributed by atoms with Gasteiger partial charge in [-0.25, -0.2) is 0 Å². The molecule has 30 heavy (non-hydrogen) atoms. The fourth-order valence-corrected chi connectivity index (χ4v) is 2.87. The third-order valence-electron chi connectivity index (χ3n) is 3.89. The highest BCUT2D eigenvalue weighted by molar-refractivity contribution is 9.10. The molecule has 9 heteroatoms. The third kappa shape index (κ3) is 7.40. The standard InChI is InChI=1S/C21H24BrN3O4S/c1-13(2)19(26)23-15-5-7-16(8-6-15)24-21(30)25-20(27)17-12-14(22)4-9-18(17)29-11-10-28-3/h4-9,12-13H,10-11H2,1-3H3,(H,23,26)(H2,24,25,27,30). The van der Waals surface area contributed by atoms with E-state index in [1.165, 1.54) is 0 Å². The Bertz CT molecular complexity index is 904. The molecule has 2 aromatic rings. The second-order valence-electron chi connectivity index (χ2n) is 6.61. The summed E-state index contributed by atoms with van der Waals surface area (Å²) in [4.78, 5) is 24.4. The summed E-state index contributed by atoms with van der Waals surface area (Å²) < 4.78 is 11.3. The number of nitrogens with one attached hydrogen (secondary N) is 3. The van der Waals surface area contributed by atoms with Crippen molar-refractivity contribution in [3.8, 4) is 5.75 Å². The molecule has 0 saturated carbocycles. The molecule has 2 rings (SSSR count). The van der Waals surface area contributed by atoms with Gasteiger partial charge in [-0.05, 0) is 54.7 Å². The summed E-state index contributed by atoms with van der Waals surface area (Å²) in [6.45, 7) is 4.38. The van der Waals surface area contributed by atoms with Crippen molar-refractivity contribution in [2.45, 2.75) is 13.8 Å². The molecule has 0 heterocycles. The lowest BCUT2D eigenvalue weighted by atomic mass is 10.2. The Morgan fingerprint density at radius 2 is 1.67 bits per heavy atom. The Morgan fingerprint density at radius 3 is 2.27 bits per heavy atom. The molecule has 0 aliphatic rings. The maximum absolute atomic E-state index is 12.7. The minimum Gasteiger partial charge on any atom is -0.490 e. The molecule has 7 nitrogen and oxygen atoms in total. The largest absolute Gasteiger partial charge is 0.490 e.